The van der Waals surface area contributed by atoms with Crippen LogP contribution in [0.15, 0.2) is 30.3 Å². The Bertz CT molecular complexity index is 812. The van der Waals surface area contributed by atoms with Crippen molar-refractivity contribution in [2.45, 2.75) is 26.3 Å². The molecule has 25 heavy (non-hydrogen) atoms. The van der Waals surface area contributed by atoms with E-state index in [1.165, 1.54) is 18.2 Å². The van der Waals surface area contributed by atoms with Gasteiger partial charge in [-0.3, -0.25) is 9.59 Å². The first-order chi connectivity index (χ1) is 11.8. The second-order valence-electron chi connectivity index (χ2n) is 5.37. The van der Waals surface area contributed by atoms with Gasteiger partial charge in [-0.1, -0.05) is 13.0 Å². The van der Waals surface area contributed by atoms with Gasteiger partial charge in [-0.05, 0) is 37.6 Å². The first-order valence-corrected chi connectivity index (χ1v) is 7.56. The second kappa shape index (κ2) is 7.78. The number of hydrogen-bond acceptors (Lipinski definition) is 3. The molecule has 0 saturated heterocycles. The van der Waals surface area contributed by atoms with E-state index in [1.807, 2.05) is 13.8 Å². The maximum atomic E-state index is 13.6. The van der Waals surface area contributed by atoms with Crippen molar-refractivity contribution in [1.82, 2.24) is 10.3 Å². The first kappa shape index (κ1) is 18.4. The van der Waals surface area contributed by atoms with E-state index in [0.717, 1.165) is 12.5 Å². The third kappa shape index (κ3) is 4.34. The van der Waals surface area contributed by atoms with E-state index in [2.05, 4.69) is 15.6 Å². The summed E-state index contributed by atoms with van der Waals surface area (Å²) in [7, 11) is 0. The number of amides is 2. The molecule has 2 rings (SSSR count). The van der Waals surface area contributed by atoms with Gasteiger partial charge < -0.3 is 10.6 Å². The lowest BCUT2D eigenvalue weighted by atomic mass is 10.2. The van der Waals surface area contributed by atoms with E-state index in [0.29, 0.717) is 6.07 Å². The van der Waals surface area contributed by atoms with Gasteiger partial charge in [0.25, 0.3) is 11.8 Å². The molecule has 0 aliphatic heterocycles. The monoisotopic (exact) mass is 351 g/mol. The summed E-state index contributed by atoms with van der Waals surface area (Å²) in [6.45, 7) is 3.72. The van der Waals surface area contributed by atoms with E-state index in [-0.39, 0.29) is 17.4 Å². The summed E-state index contributed by atoms with van der Waals surface area (Å²) >= 11 is 0. The molecule has 1 unspecified atom stereocenters. The smallest absolute Gasteiger partial charge is 0.274 e. The molecule has 5 nitrogen and oxygen atoms in total. The number of carbonyl (C=O) groups is 2. The standard InChI is InChI=1S/C17H16F3N3O2/c1-3-9(2)21-16(24)12-5-4-6-13(22-12)17(25)23-11-8-7-10(18)14(19)15(11)20/h4-9H,3H2,1-2H3,(H,21,24)(H,23,25). The number of hydrogen-bond donors (Lipinski definition) is 2. The van der Waals surface area contributed by atoms with Gasteiger partial charge in [-0.2, -0.15) is 0 Å². The molecule has 1 aromatic carbocycles. The quantitative estimate of drug-likeness (QED) is 0.812. The van der Waals surface area contributed by atoms with Crippen molar-refractivity contribution in [3.05, 3.63) is 59.2 Å². The summed E-state index contributed by atoms with van der Waals surface area (Å²) in [4.78, 5) is 28.1. The fraction of sp³-hybridized carbons (Fsp3) is 0.235. The van der Waals surface area contributed by atoms with E-state index in [4.69, 9.17) is 0 Å². The summed E-state index contributed by atoms with van der Waals surface area (Å²) in [6, 6.07) is 5.69. The number of anilines is 1. The summed E-state index contributed by atoms with van der Waals surface area (Å²) in [6.07, 6.45) is 0.724. The van der Waals surface area contributed by atoms with Gasteiger partial charge in [-0.15, -0.1) is 0 Å². The lowest BCUT2D eigenvalue weighted by Crippen LogP contribution is -2.32. The topological polar surface area (TPSA) is 71.1 Å². The Kier molecular flexibility index (Phi) is 5.74. The first-order valence-electron chi connectivity index (χ1n) is 7.56. The van der Waals surface area contributed by atoms with E-state index in [9.17, 15) is 22.8 Å². The van der Waals surface area contributed by atoms with Crippen LogP contribution in [0.3, 0.4) is 0 Å². The molecule has 0 radical (unpaired) electrons. The van der Waals surface area contributed by atoms with Crippen molar-refractivity contribution in [2.75, 3.05) is 5.32 Å². The van der Waals surface area contributed by atoms with Crippen molar-refractivity contribution in [3.8, 4) is 0 Å². The molecule has 0 aliphatic carbocycles. The van der Waals surface area contributed by atoms with Crippen molar-refractivity contribution in [2.24, 2.45) is 0 Å². The van der Waals surface area contributed by atoms with Crippen molar-refractivity contribution in [1.29, 1.82) is 0 Å². The Morgan fingerprint density at radius 3 is 2.32 bits per heavy atom. The van der Waals surface area contributed by atoms with Crippen LogP contribution in [-0.2, 0) is 0 Å². The zero-order valence-corrected chi connectivity index (χ0v) is 13.6. The van der Waals surface area contributed by atoms with E-state index < -0.39 is 35.0 Å². The number of pyridine rings is 1. The molecule has 0 spiro atoms. The van der Waals surface area contributed by atoms with Gasteiger partial charge in [0.1, 0.15) is 11.4 Å². The molecule has 2 aromatic rings. The minimum atomic E-state index is -1.69. The van der Waals surface area contributed by atoms with Gasteiger partial charge in [0.05, 0.1) is 5.69 Å². The predicted octanol–water partition coefficient (Wildman–Crippen LogP) is 3.28. The summed E-state index contributed by atoms with van der Waals surface area (Å²) < 4.78 is 39.7. The molecule has 0 bridgehead atoms. The van der Waals surface area contributed by atoms with Gasteiger partial charge >= 0.3 is 0 Å². The van der Waals surface area contributed by atoms with Crippen LogP contribution < -0.4 is 10.6 Å². The minimum Gasteiger partial charge on any atom is -0.348 e. The lowest BCUT2D eigenvalue weighted by molar-refractivity contribution is 0.0934. The van der Waals surface area contributed by atoms with Crippen LogP contribution in [0.1, 0.15) is 41.2 Å². The number of halogens is 3. The second-order valence-corrected chi connectivity index (χ2v) is 5.37. The molecule has 0 saturated carbocycles. The number of aromatic nitrogens is 1. The highest BCUT2D eigenvalue weighted by atomic mass is 19.2. The molecule has 2 N–H and O–H groups in total. The van der Waals surface area contributed by atoms with Crippen molar-refractivity contribution >= 4 is 17.5 Å². The predicted molar refractivity (Wildman–Crippen MR) is 85.7 cm³/mol. The highest BCUT2D eigenvalue weighted by Crippen LogP contribution is 2.20. The number of carbonyl (C=O) groups excluding carboxylic acids is 2. The fourth-order valence-electron chi connectivity index (χ4n) is 1.90. The van der Waals surface area contributed by atoms with Crippen LogP contribution in [-0.4, -0.2) is 22.8 Å². The zero-order chi connectivity index (χ0) is 18.6. The number of nitrogens with one attached hydrogen (secondary N) is 2. The average Bonchev–Trinajstić information content (AvgIpc) is 2.62. The van der Waals surface area contributed by atoms with Crippen LogP contribution in [0.5, 0.6) is 0 Å². The van der Waals surface area contributed by atoms with Gasteiger partial charge in [0.2, 0.25) is 0 Å². The molecular formula is C17H16F3N3O2. The molecule has 1 heterocycles. The third-order valence-electron chi connectivity index (χ3n) is 3.49. The van der Waals surface area contributed by atoms with Crippen molar-refractivity contribution < 1.29 is 22.8 Å². The van der Waals surface area contributed by atoms with Crippen LogP contribution in [0, 0.1) is 17.5 Å². The number of benzene rings is 1. The average molecular weight is 351 g/mol. The van der Waals surface area contributed by atoms with Crippen LogP contribution in [0.4, 0.5) is 18.9 Å². The SMILES string of the molecule is CCC(C)NC(=O)c1cccc(C(=O)Nc2ccc(F)c(F)c2F)n1. The zero-order valence-electron chi connectivity index (χ0n) is 13.6. The summed E-state index contributed by atoms with van der Waals surface area (Å²) in [5.41, 5.74) is -0.681. The Labute approximate surface area is 142 Å². The van der Waals surface area contributed by atoms with Gasteiger partial charge in [-0.25, -0.2) is 18.2 Å². The Hall–Kier alpha value is -2.90. The third-order valence-corrected chi connectivity index (χ3v) is 3.49. The molecule has 0 fully saturated rings. The van der Waals surface area contributed by atoms with Crippen LogP contribution in [0.2, 0.25) is 0 Å². The van der Waals surface area contributed by atoms with Crippen LogP contribution in [0.25, 0.3) is 0 Å². The van der Waals surface area contributed by atoms with Gasteiger partial charge in [0.15, 0.2) is 17.5 Å². The normalized spacial score (nSPS) is 11.7. The molecular weight excluding hydrogens is 335 g/mol. The minimum absolute atomic E-state index is 0.0127. The van der Waals surface area contributed by atoms with Crippen molar-refractivity contribution in [3.63, 3.8) is 0 Å². The Morgan fingerprint density at radius 1 is 1.04 bits per heavy atom. The Balaban J connectivity index is 2.19. The van der Waals surface area contributed by atoms with E-state index in [1.54, 1.807) is 0 Å². The maximum absolute atomic E-state index is 13.6. The molecule has 2 amide bonds. The lowest BCUT2D eigenvalue weighted by Gasteiger charge is -2.11. The molecule has 8 heteroatoms. The van der Waals surface area contributed by atoms with Gasteiger partial charge in [0, 0.05) is 6.04 Å². The fourth-order valence-corrected chi connectivity index (χ4v) is 1.90. The molecule has 1 atom stereocenters. The molecule has 1 aromatic heterocycles. The van der Waals surface area contributed by atoms with Crippen LogP contribution >= 0.6 is 0 Å². The number of nitrogens with zero attached hydrogens (tertiary/aromatic N) is 1. The highest BCUT2D eigenvalue weighted by Gasteiger charge is 2.18. The number of rotatable bonds is 5. The maximum Gasteiger partial charge on any atom is 0.274 e. The highest BCUT2D eigenvalue weighted by molar-refractivity contribution is 6.03. The molecule has 0 aliphatic rings. The summed E-state index contributed by atoms with van der Waals surface area (Å²) in [5.74, 6) is -5.88. The largest absolute Gasteiger partial charge is 0.348 e. The van der Waals surface area contributed by atoms with E-state index >= 15 is 0 Å². The summed E-state index contributed by atoms with van der Waals surface area (Å²) in [5, 5.41) is 4.80. The molecule has 132 valence electrons. The Morgan fingerprint density at radius 2 is 1.68 bits per heavy atom.